The monoisotopic (exact) mass is 419 g/mol. The van der Waals surface area contributed by atoms with Gasteiger partial charge in [0.1, 0.15) is 5.75 Å². The van der Waals surface area contributed by atoms with Gasteiger partial charge in [0, 0.05) is 17.8 Å². The summed E-state index contributed by atoms with van der Waals surface area (Å²) in [6, 6.07) is 12.7. The summed E-state index contributed by atoms with van der Waals surface area (Å²) in [5.74, 6) is 0.515. The summed E-state index contributed by atoms with van der Waals surface area (Å²) < 4.78 is 48.1. The van der Waals surface area contributed by atoms with E-state index < -0.39 is 30.2 Å². The second-order valence-electron chi connectivity index (χ2n) is 8.64. The Bertz CT molecular complexity index is 936. The molecule has 1 aliphatic heterocycles. The second-order valence-corrected chi connectivity index (χ2v) is 8.64. The lowest BCUT2D eigenvalue weighted by Crippen LogP contribution is -2.56. The van der Waals surface area contributed by atoms with Crippen LogP contribution in [0.5, 0.6) is 5.75 Å². The van der Waals surface area contributed by atoms with Crippen LogP contribution in [-0.4, -0.2) is 37.1 Å². The Morgan fingerprint density at radius 2 is 1.80 bits per heavy atom. The number of alkyl halides is 3. The fourth-order valence-corrected chi connectivity index (χ4v) is 4.21. The van der Waals surface area contributed by atoms with E-state index in [0.29, 0.717) is 23.5 Å². The molecule has 30 heavy (non-hydrogen) atoms. The van der Waals surface area contributed by atoms with Crippen molar-refractivity contribution >= 4 is 11.8 Å². The van der Waals surface area contributed by atoms with Crippen molar-refractivity contribution in [2.45, 2.75) is 44.4 Å². The fourth-order valence-electron chi connectivity index (χ4n) is 4.21. The SMILES string of the molecule is COc1ccc(C)cc1C(C)(C)CC(O)(CN1CC=Cc2ccccc21)C(F)(F)F. The van der Waals surface area contributed by atoms with Crippen LogP contribution in [0.2, 0.25) is 0 Å². The molecule has 0 amide bonds. The number of ether oxygens (including phenoxy) is 1. The maximum atomic E-state index is 14.2. The molecule has 1 heterocycles. The zero-order valence-electron chi connectivity index (χ0n) is 17.8. The van der Waals surface area contributed by atoms with Gasteiger partial charge in [-0.05, 0) is 36.5 Å². The number of benzene rings is 2. The standard InChI is InChI=1S/C24H28F3NO2/c1-17-11-12-21(30-4)19(14-17)22(2,3)15-23(29,24(25,26)27)16-28-13-7-9-18-8-5-6-10-20(18)28/h5-12,14,29H,13,15-16H2,1-4H3. The van der Waals surface area contributed by atoms with Crippen LogP contribution in [-0.2, 0) is 5.41 Å². The Morgan fingerprint density at radius 3 is 2.47 bits per heavy atom. The van der Waals surface area contributed by atoms with E-state index in [9.17, 15) is 18.3 Å². The first-order valence-electron chi connectivity index (χ1n) is 9.92. The predicted molar refractivity (Wildman–Crippen MR) is 114 cm³/mol. The van der Waals surface area contributed by atoms with E-state index in [4.69, 9.17) is 4.74 Å². The lowest BCUT2D eigenvalue weighted by Gasteiger charge is -2.42. The first-order valence-corrected chi connectivity index (χ1v) is 9.92. The number of β-amino-alcohol motifs (C(OH)–C–C–N with tert-alkyl or cyclic N) is 1. The van der Waals surface area contributed by atoms with E-state index in [1.807, 2.05) is 43.3 Å². The minimum Gasteiger partial charge on any atom is -0.496 e. The Balaban J connectivity index is 1.97. The highest BCUT2D eigenvalue weighted by molar-refractivity contribution is 5.71. The molecule has 0 fully saturated rings. The van der Waals surface area contributed by atoms with Gasteiger partial charge in [0.15, 0.2) is 5.60 Å². The summed E-state index contributed by atoms with van der Waals surface area (Å²) in [5, 5.41) is 11.0. The fraction of sp³-hybridized carbons (Fsp3) is 0.417. The average Bonchev–Trinajstić information content (AvgIpc) is 2.67. The van der Waals surface area contributed by atoms with Gasteiger partial charge in [-0.3, -0.25) is 0 Å². The predicted octanol–water partition coefficient (Wildman–Crippen LogP) is 5.50. The van der Waals surface area contributed by atoms with Gasteiger partial charge in [-0.1, -0.05) is 61.9 Å². The molecule has 1 atom stereocenters. The number of nitrogens with zero attached hydrogens (tertiary/aromatic N) is 1. The number of hydrogen-bond acceptors (Lipinski definition) is 3. The maximum absolute atomic E-state index is 14.2. The van der Waals surface area contributed by atoms with E-state index in [2.05, 4.69) is 0 Å². The molecule has 3 nitrogen and oxygen atoms in total. The number of para-hydroxylation sites is 1. The summed E-state index contributed by atoms with van der Waals surface area (Å²) in [5.41, 5.74) is -0.784. The van der Waals surface area contributed by atoms with Gasteiger partial charge >= 0.3 is 6.18 Å². The molecule has 162 valence electrons. The van der Waals surface area contributed by atoms with E-state index >= 15 is 0 Å². The van der Waals surface area contributed by atoms with E-state index in [1.165, 1.54) is 7.11 Å². The molecule has 0 bridgehead atoms. The Kier molecular flexibility index (Phi) is 5.92. The van der Waals surface area contributed by atoms with Gasteiger partial charge in [0.2, 0.25) is 0 Å². The topological polar surface area (TPSA) is 32.7 Å². The quantitative estimate of drug-likeness (QED) is 0.671. The van der Waals surface area contributed by atoms with Gasteiger partial charge in [-0.15, -0.1) is 0 Å². The van der Waals surface area contributed by atoms with Crippen molar-refractivity contribution < 1.29 is 23.0 Å². The highest BCUT2D eigenvalue weighted by Gasteiger charge is 2.57. The number of halogens is 3. The van der Waals surface area contributed by atoms with Crippen molar-refractivity contribution in [1.82, 2.24) is 0 Å². The molecular weight excluding hydrogens is 391 g/mol. The van der Waals surface area contributed by atoms with Gasteiger partial charge < -0.3 is 14.7 Å². The minimum absolute atomic E-state index is 0.309. The number of aliphatic hydroxyl groups is 1. The molecule has 2 aromatic rings. The third kappa shape index (κ3) is 4.33. The molecule has 0 saturated heterocycles. The molecular formula is C24H28F3NO2. The number of methoxy groups -OCH3 is 1. The van der Waals surface area contributed by atoms with Crippen LogP contribution in [0.3, 0.4) is 0 Å². The highest BCUT2D eigenvalue weighted by atomic mass is 19.4. The van der Waals surface area contributed by atoms with Crippen molar-refractivity contribution in [3.05, 3.63) is 65.2 Å². The molecule has 3 rings (SSSR count). The third-order valence-corrected chi connectivity index (χ3v) is 5.70. The zero-order valence-corrected chi connectivity index (χ0v) is 17.8. The zero-order chi connectivity index (χ0) is 22.2. The molecule has 0 radical (unpaired) electrons. The molecule has 0 aromatic heterocycles. The van der Waals surface area contributed by atoms with Crippen LogP contribution >= 0.6 is 0 Å². The third-order valence-electron chi connectivity index (χ3n) is 5.70. The summed E-state index contributed by atoms with van der Waals surface area (Å²) >= 11 is 0. The van der Waals surface area contributed by atoms with Crippen LogP contribution in [0.15, 0.2) is 48.5 Å². The van der Waals surface area contributed by atoms with Crippen molar-refractivity contribution in [3.63, 3.8) is 0 Å². The number of aryl methyl sites for hydroxylation is 1. The lowest BCUT2D eigenvalue weighted by molar-refractivity contribution is -0.262. The Hall–Kier alpha value is -2.47. The van der Waals surface area contributed by atoms with Gasteiger partial charge in [0.25, 0.3) is 0 Å². The normalized spacial score (nSPS) is 16.2. The van der Waals surface area contributed by atoms with Crippen LogP contribution in [0.4, 0.5) is 18.9 Å². The molecule has 0 saturated carbocycles. The number of fused-ring (bicyclic) bond motifs is 1. The van der Waals surface area contributed by atoms with Gasteiger partial charge in [0.05, 0.1) is 13.7 Å². The van der Waals surface area contributed by atoms with Crippen molar-refractivity contribution in [2.24, 2.45) is 0 Å². The largest absolute Gasteiger partial charge is 0.496 e. The van der Waals surface area contributed by atoms with E-state index in [-0.39, 0.29) is 0 Å². The van der Waals surface area contributed by atoms with Crippen LogP contribution in [0.1, 0.15) is 37.0 Å². The molecule has 1 N–H and O–H groups in total. The number of hydrogen-bond donors (Lipinski definition) is 1. The summed E-state index contributed by atoms with van der Waals surface area (Å²) in [7, 11) is 1.50. The first-order chi connectivity index (χ1) is 14.0. The molecule has 0 spiro atoms. The molecule has 1 unspecified atom stereocenters. The van der Waals surface area contributed by atoms with Crippen LogP contribution < -0.4 is 9.64 Å². The molecule has 0 aliphatic carbocycles. The second kappa shape index (κ2) is 7.99. The van der Waals surface area contributed by atoms with E-state index in [1.54, 1.807) is 36.9 Å². The van der Waals surface area contributed by atoms with Crippen LogP contribution in [0, 0.1) is 6.92 Å². The van der Waals surface area contributed by atoms with Crippen molar-refractivity contribution in [3.8, 4) is 5.75 Å². The maximum Gasteiger partial charge on any atom is 0.418 e. The number of anilines is 1. The molecule has 1 aliphatic rings. The van der Waals surface area contributed by atoms with Gasteiger partial charge in [-0.25, -0.2) is 0 Å². The van der Waals surface area contributed by atoms with Crippen LogP contribution in [0.25, 0.3) is 6.08 Å². The minimum atomic E-state index is -4.79. The van der Waals surface area contributed by atoms with Crippen molar-refractivity contribution in [2.75, 3.05) is 25.1 Å². The lowest BCUT2D eigenvalue weighted by atomic mass is 9.74. The Morgan fingerprint density at radius 1 is 1.10 bits per heavy atom. The van der Waals surface area contributed by atoms with E-state index in [0.717, 1.165) is 11.1 Å². The Labute approximate surface area is 175 Å². The van der Waals surface area contributed by atoms with Crippen molar-refractivity contribution in [1.29, 1.82) is 0 Å². The smallest absolute Gasteiger partial charge is 0.418 e. The summed E-state index contributed by atoms with van der Waals surface area (Å²) in [6.07, 6.45) is -1.59. The number of rotatable bonds is 6. The molecule has 2 aromatic carbocycles. The summed E-state index contributed by atoms with van der Waals surface area (Å²) in [4.78, 5) is 1.59. The van der Waals surface area contributed by atoms with Gasteiger partial charge in [-0.2, -0.15) is 13.2 Å². The first kappa shape index (κ1) is 22.2. The molecule has 6 heteroatoms. The highest BCUT2D eigenvalue weighted by Crippen LogP contribution is 2.45. The summed E-state index contributed by atoms with van der Waals surface area (Å²) in [6.45, 7) is 5.07. The average molecular weight is 419 g/mol.